The van der Waals surface area contributed by atoms with Crippen LogP contribution in [0, 0.1) is 20.2 Å². The molecule has 0 heterocycles. The van der Waals surface area contributed by atoms with Crippen molar-refractivity contribution >= 4 is 77.8 Å². The molecule has 0 aromatic heterocycles. The summed E-state index contributed by atoms with van der Waals surface area (Å²) in [5, 5.41) is 22.1. The highest BCUT2D eigenvalue weighted by Gasteiger charge is 2.42. The van der Waals surface area contributed by atoms with Crippen LogP contribution >= 0.6 is 55.1 Å². The molecule has 0 saturated heterocycles. The van der Waals surface area contributed by atoms with E-state index >= 15 is 0 Å². The zero-order valence-electron chi connectivity index (χ0n) is 14.0. The molecule has 0 amide bonds. The highest BCUT2D eigenvalue weighted by atomic mass is 79.9. The molecule has 0 aliphatic heterocycles. The lowest BCUT2D eigenvalue weighted by atomic mass is 10.1. The largest absolute Gasteiger partial charge is 0.419 e. The Hall–Kier alpha value is -1.84. The van der Waals surface area contributed by atoms with E-state index in [1.54, 1.807) is 0 Å². The van der Waals surface area contributed by atoms with Crippen LogP contribution in [0.25, 0.3) is 0 Å². The third-order valence-electron chi connectivity index (χ3n) is 3.61. The third-order valence-corrected chi connectivity index (χ3v) is 6.41. The van der Waals surface area contributed by atoms with E-state index in [9.17, 15) is 46.6 Å². The van der Waals surface area contributed by atoms with Crippen LogP contribution in [0.1, 0.15) is 11.1 Å². The summed E-state index contributed by atoms with van der Waals surface area (Å²) < 4.78 is 78.9. The van der Waals surface area contributed by atoms with Crippen LogP contribution in [0.5, 0.6) is 0 Å². The lowest BCUT2D eigenvalue weighted by molar-refractivity contribution is -0.394. The van der Waals surface area contributed by atoms with Crippen molar-refractivity contribution in [2.24, 2.45) is 0 Å². The Morgan fingerprint density at radius 3 is 1.68 bits per heavy atom. The van der Waals surface area contributed by atoms with E-state index in [1.165, 1.54) is 0 Å². The number of hydrogen-bond acceptors (Lipinski definition) is 5. The van der Waals surface area contributed by atoms with Gasteiger partial charge < -0.3 is 5.32 Å². The maximum atomic E-state index is 13.5. The molecule has 0 unspecified atom stereocenters. The van der Waals surface area contributed by atoms with Crippen LogP contribution in [-0.2, 0) is 12.4 Å². The fourth-order valence-corrected chi connectivity index (χ4v) is 4.23. The van der Waals surface area contributed by atoms with Crippen molar-refractivity contribution in [2.45, 2.75) is 12.4 Å². The van der Waals surface area contributed by atoms with Gasteiger partial charge in [-0.15, -0.1) is 0 Å². The molecular weight excluding hydrogens is 619 g/mol. The third kappa shape index (κ3) is 4.99. The first-order valence-corrected chi connectivity index (χ1v) is 9.56. The molecule has 0 saturated carbocycles. The standard InChI is InChI=1S/C14H3Br2Cl2F6N3O4/c15-7-9(17)6(14(22,23)24)10(18)8(16)12(7)25-11-4(13(19,20)21)1-3(26(28)29)2-5(11)27(30)31/h1-2,25H. The number of halogens is 10. The first-order valence-electron chi connectivity index (χ1n) is 7.22. The van der Waals surface area contributed by atoms with Crippen molar-refractivity contribution in [1.82, 2.24) is 0 Å². The number of alkyl halides is 6. The number of nitro groups is 2. The summed E-state index contributed by atoms with van der Waals surface area (Å²) in [6.07, 6.45) is -10.4. The number of benzene rings is 2. The lowest BCUT2D eigenvalue weighted by Gasteiger charge is -2.20. The molecule has 2 aromatic rings. The molecule has 0 radical (unpaired) electrons. The predicted molar refractivity (Wildman–Crippen MR) is 105 cm³/mol. The van der Waals surface area contributed by atoms with E-state index in [0.29, 0.717) is 0 Å². The number of anilines is 2. The van der Waals surface area contributed by atoms with Gasteiger partial charge in [0, 0.05) is 6.07 Å². The molecule has 2 aromatic carbocycles. The number of nitrogens with one attached hydrogen (secondary N) is 1. The smallest absolute Gasteiger partial charge is 0.347 e. The fraction of sp³-hybridized carbons (Fsp3) is 0.143. The average molecular weight is 622 g/mol. The van der Waals surface area contributed by atoms with E-state index in [0.717, 1.165) is 0 Å². The van der Waals surface area contributed by atoms with Gasteiger partial charge in [0.15, 0.2) is 0 Å². The first-order chi connectivity index (χ1) is 14.0. The van der Waals surface area contributed by atoms with Gasteiger partial charge in [-0.05, 0) is 31.9 Å². The molecular formula is C14H3Br2Cl2F6N3O4. The topological polar surface area (TPSA) is 98.3 Å². The van der Waals surface area contributed by atoms with Crippen molar-refractivity contribution in [3.05, 3.63) is 62.5 Å². The van der Waals surface area contributed by atoms with Gasteiger partial charge in [-0.25, -0.2) is 0 Å². The highest BCUT2D eigenvalue weighted by molar-refractivity contribution is 9.11. The summed E-state index contributed by atoms with van der Waals surface area (Å²) in [4.78, 5) is 19.6. The van der Waals surface area contributed by atoms with Gasteiger partial charge in [0.1, 0.15) is 5.69 Å². The van der Waals surface area contributed by atoms with E-state index in [1.807, 2.05) is 5.32 Å². The van der Waals surface area contributed by atoms with Crippen LogP contribution < -0.4 is 5.32 Å². The first kappa shape index (κ1) is 25.4. The second-order valence-electron chi connectivity index (χ2n) is 5.53. The second kappa shape index (κ2) is 8.60. The van der Waals surface area contributed by atoms with Gasteiger partial charge in [0.2, 0.25) is 0 Å². The quantitative estimate of drug-likeness (QED) is 0.161. The molecule has 0 atom stereocenters. The molecule has 17 heteroatoms. The zero-order chi connectivity index (χ0) is 24.0. The summed E-state index contributed by atoms with van der Waals surface area (Å²) in [5.41, 5.74) is -7.84. The van der Waals surface area contributed by atoms with Gasteiger partial charge >= 0.3 is 12.4 Å². The van der Waals surface area contributed by atoms with Gasteiger partial charge in [-0.2, -0.15) is 26.3 Å². The highest BCUT2D eigenvalue weighted by Crippen LogP contribution is 2.52. The molecule has 2 rings (SSSR count). The summed E-state index contributed by atoms with van der Waals surface area (Å²) in [6, 6.07) is 0.289. The van der Waals surface area contributed by atoms with Crippen LogP contribution in [0.15, 0.2) is 21.1 Å². The van der Waals surface area contributed by atoms with Gasteiger partial charge in [0.05, 0.1) is 51.7 Å². The Bertz CT molecular complexity index is 1080. The Morgan fingerprint density at radius 1 is 0.839 bits per heavy atom. The second-order valence-corrected chi connectivity index (χ2v) is 7.87. The number of hydrogen-bond donors (Lipinski definition) is 1. The Kier molecular flexibility index (Phi) is 7.05. The zero-order valence-corrected chi connectivity index (χ0v) is 18.6. The van der Waals surface area contributed by atoms with E-state index in [4.69, 9.17) is 23.2 Å². The van der Waals surface area contributed by atoms with Crippen molar-refractivity contribution in [1.29, 1.82) is 0 Å². The average Bonchev–Trinajstić information content (AvgIpc) is 2.61. The van der Waals surface area contributed by atoms with Crippen LogP contribution in [0.2, 0.25) is 10.0 Å². The molecule has 1 N–H and O–H groups in total. The Balaban J connectivity index is 2.89. The number of nitrogens with zero attached hydrogens (tertiary/aromatic N) is 2. The molecule has 168 valence electrons. The van der Waals surface area contributed by atoms with Crippen LogP contribution in [-0.4, -0.2) is 9.85 Å². The molecule has 0 aliphatic carbocycles. The molecule has 0 bridgehead atoms. The SMILES string of the molecule is O=[N+]([O-])c1cc([N+](=O)[O-])c(Nc2c(Br)c(Cl)c(C(F)(F)F)c(Cl)c2Br)c(C(F)(F)F)c1. The summed E-state index contributed by atoms with van der Waals surface area (Å²) in [7, 11) is 0. The normalized spacial score (nSPS) is 12.1. The predicted octanol–water partition coefficient (Wildman–Crippen LogP) is 8.12. The molecule has 7 nitrogen and oxygen atoms in total. The Labute approximate surface area is 193 Å². The fourth-order valence-electron chi connectivity index (χ4n) is 2.33. The molecule has 0 fully saturated rings. The number of nitro benzene ring substituents is 2. The maximum Gasteiger partial charge on any atom is 0.419 e. The minimum Gasteiger partial charge on any atom is -0.347 e. The molecule has 0 spiro atoms. The van der Waals surface area contributed by atoms with Crippen molar-refractivity contribution in [2.75, 3.05) is 5.32 Å². The lowest BCUT2D eigenvalue weighted by Crippen LogP contribution is -2.13. The summed E-state index contributed by atoms with van der Waals surface area (Å²) in [6.45, 7) is 0. The van der Waals surface area contributed by atoms with Crippen molar-refractivity contribution in [3.8, 4) is 0 Å². The molecule has 0 aliphatic rings. The maximum absolute atomic E-state index is 13.5. The van der Waals surface area contributed by atoms with E-state index in [2.05, 4.69) is 31.9 Å². The van der Waals surface area contributed by atoms with Crippen LogP contribution in [0.4, 0.5) is 49.1 Å². The minimum absolute atomic E-state index is 0.0322. The summed E-state index contributed by atoms with van der Waals surface area (Å²) >= 11 is 16.7. The van der Waals surface area contributed by atoms with E-state index < -0.39 is 75.1 Å². The monoisotopic (exact) mass is 619 g/mol. The van der Waals surface area contributed by atoms with Crippen molar-refractivity contribution in [3.63, 3.8) is 0 Å². The Morgan fingerprint density at radius 2 is 1.32 bits per heavy atom. The van der Waals surface area contributed by atoms with Gasteiger partial charge in [0.25, 0.3) is 11.4 Å². The summed E-state index contributed by atoms with van der Waals surface area (Å²) in [5.74, 6) is 0. The van der Waals surface area contributed by atoms with Crippen LogP contribution in [0.3, 0.4) is 0 Å². The van der Waals surface area contributed by atoms with E-state index in [-0.39, 0.29) is 12.1 Å². The van der Waals surface area contributed by atoms with Gasteiger partial charge in [-0.3, -0.25) is 20.2 Å². The van der Waals surface area contributed by atoms with Crippen molar-refractivity contribution < 1.29 is 36.2 Å². The molecule has 31 heavy (non-hydrogen) atoms. The minimum atomic E-state index is -5.32. The van der Waals surface area contributed by atoms with Gasteiger partial charge in [-0.1, -0.05) is 23.2 Å². The number of rotatable bonds is 4. The number of non-ortho nitro benzene ring substituents is 1.